The van der Waals surface area contributed by atoms with Gasteiger partial charge >= 0.3 is 5.97 Å². The Kier molecular flexibility index (Phi) is 4.78. The molecule has 0 atom stereocenters. The molecule has 0 aliphatic carbocycles. The van der Waals surface area contributed by atoms with Crippen LogP contribution in [0.5, 0.6) is 5.75 Å². The molecule has 2 aromatic carbocycles. The van der Waals surface area contributed by atoms with Crippen molar-refractivity contribution >= 4 is 11.9 Å². The number of carboxylic acids is 1. The summed E-state index contributed by atoms with van der Waals surface area (Å²) in [5.41, 5.74) is 2.26. The summed E-state index contributed by atoms with van der Waals surface area (Å²) in [6, 6.07) is 12.0. The van der Waals surface area contributed by atoms with Crippen LogP contribution in [-0.2, 0) is 0 Å². The number of nitrogens with one attached hydrogen (secondary N) is 1. The molecule has 5 heteroatoms. The molecule has 0 fully saturated rings. The van der Waals surface area contributed by atoms with E-state index < -0.39 is 5.97 Å². The third-order valence-corrected chi connectivity index (χ3v) is 3.23. The first-order valence-corrected chi connectivity index (χ1v) is 6.86. The minimum absolute atomic E-state index is 0.103. The molecule has 0 radical (unpaired) electrons. The van der Waals surface area contributed by atoms with Crippen LogP contribution < -0.4 is 10.1 Å². The van der Waals surface area contributed by atoms with Gasteiger partial charge in [-0.25, -0.2) is 4.79 Å². The van der Waals surface area contributed by atoms with Crippen molar-refractivity contribution in [2.45, 2.75) is 6.92 Å². The molecule has 0 aromatic heterocycles. The zero-order chi connectivity index (χ0) is 16.1. The Bertz CT molecular complexity index is 710. The fourth-order valence-electron chi connectivity index (χ4n) is 2.15. The fraction of sp³-hybridized carbons (Fsp3) is 0.176. The highest BCUT2D eigenvalue weighted by molar-refractivity contribution is 5.96. The lowest BCUT2D eigenvalue weighted by Gasteiger charge is -2.09. The number of benzene rings is 2. The van der Waals surface area contributed by atoms with E-state index in [1.807, 2.05) is 13.0 Å². The Balaban J connectivity index is 2.42. The Morgan fingerprint density at radius 1 is 1.14 bits per heavy atom. The molecule has 0 unspecified atom stereocenters. The van der Waals surface area contributed by atoms with Crippen molar-refractivity contribution in [3.8, 4) is 16.9 Å². The zero-order valence-electron chi connectivity index (χ0n) is 12.4. The van der Waals surface area contributed by atoms with Gasteiger partial charge in [-0.05, 0) is 42.3 Å². The van der Waals surface area contributed by atoms with Gasteiger partial charge in [-0.1, -0.05) is 18.2 Å². The number of ether oxygens (including phenoxy) is 1. The summed E-state index contributed by atoms with van der Waals surface area (Å²) in [6.45, 7) is 2.42. The summed E-state index contributed by atoms with van der Waals surface area (Å²) in [5.74, 6) is -0.897. The molecule has 2 aromatic rings. The molecule has 22 heavy (non-hydrogen) atoms. The van der Waals surface area contributed by atoms with Crippen LogP contribution in [-0.4, -0.2) is 30.6 Å². The van der Waals surface area contributed by atoms with Crippen molar-refractivity contribution < 1.29 is 19.4 Å². The summed E-state index contributed by atoms with van der Waals surface area (Å²) >= 11 is 0. The second-order valence-corrected chi connectivity index (χ2v) is 4.66. The van der Waals surface area contributed by atoms with Crippen molar-refractivity contribution in [3.63, 3.8) is 0 Å². The lowest BCUT2D eigenvalue weighted by Crippen LogP contribution is -2.22. The Labute approximate surface area is 128 Å². The number of hydrogen-bond acceptors (Lipinski definition) is 3. The van der Waals surface area contributed by atoms with Gasteiger partial charge in [0.2, 0.25) is 0 Å². The minimum Gasteiger partial charge on any atom is -0.496 e. The molecule has 0 bridgehead atoms. The third-order valence-electron chi connectivity index (χ3n) is 3.23. The summed E-state index contributed by atoms with van der Waals surface area (Å²) in [5, 5.41) is 11.8. The average Bonchev–Trinajstić information content (AvgIpc) is 2.54. The van der Waals surface area contributed by atoms with Crippen LogP contribution in [0.4, 0.5) is 0 Å². The maximum absolute atomic E-state index is 11.9. The van der Waals surface area contributed by atoms with Gasteiger partial charge in [-0.15, -0.1) is 0 Å². The van der Waals surface area contributed by atoms with E-state index in [0.29, 0.717) is 12.1 Å². The van der Waals surface area contributed by atoms with Gasteiger partial charge in [0, 0.05) is 12.1 Å². The molecule has 114 valence electrons. The zero-order valence-corrected chi connectivity index (χ0v) is 12.4. The molecule has 1 amide bonds. The van der Waals surface area contributed by atoms with Gasteiger partial charge in [0.1, 0.15) is 11.3 Å². The van der Waals surface area contributed by atoms with E-state index in [0.717, 1.165) is 11.1 Å². The van der Waals surface area contributed by atoms with Gasteiger partial charge in [0.05, 0.1) is 7.11 Å². The fourth-order valence-corrected chi connectivity index (χ4v) is 2.15. The van der Waals surface area contributed by atoms with Gasteiger partial charge in [0.15, 0.2) is 0 Å². The molecule has 0 spiro atoms. The third kappa shape index (κ3) is 3.25. The van der Waals surface area contributed by atoms with Gasteiger partial charge < -0.3 is 15.2 Å². The normalized spacial score (nSPS) is 10.1. The summed E-state index contributed by atoms with van der Waals surface area (Å²) in [7, 11) is 1.43. The molecule has 0 aliphatic rings. The highest BCUT2D eigenvalue weighted by atomic mass is 16.5. The predicted molar refractivity (Wildman–Crippen MR) is 83.4 cm³/mol. The maximum atomic E-state index is 11.9. The van der Waals surface area contributed by atoms with Crippen LogP contribution in [0.1, 0.15) is 27.6 Å². The van der Waals surface area contributed by atoms with Crippen molar-refractivity contribution in [3.05, 3.63) is 53.6 Å². The van der Waals surface area contributed by atoms with Crippen molar-refractivity contribution in [1.29, 1.82) is 0 Å². The highest BCUT2D eigenvalue weighted by Gasteiger charge is 2.12. The number of carbonyl (C=O) groups is 2. The van der Waals surface area contributed by atoms with Crippen molar-refractivity contribution in [1.82, 2.24) is 5.32 Å². The number of hydrogen-bond donors (Lipinski definition) is 2. The standard InChI is InChI=1S/C17H17NO4/c1-3-18-16(19)13-6-4-5-11(9-13)12-7-8-14(17(20)21)15(10-12)22-2/h4-10H,3H2,1-2H3,(H,18,19)(H,20,21). The predicted octanol–water partition coefficient (Wildman–Crippen LogP) is 2.81. The maximum Gasteiger partial charge on any atom is 0.339 e. The monoisotopic (exact) mass is 299 g/mol. The summed E-state index contributed by atoms with van der Waals surface area (Å²) in [4.78, 5) is 23.0. The second kappa shape index (κ2) is 6.76. The Morgan fingerprint density at radius 2 is 1.86 bits per heavy atom. The molecule has 5 nitrogen and oxygen atoms in total. The van der Waals surface area contributed by atoms with Crippen LogP contribution in [0, 0.1) is 0 Å². The number of aromatic carboxylic acids is 1. The van der Waals surface area contributed by atoms with E-state index in [9.17, 15) is 9.59 Å². The van der Waals surface area contributed by atoms with Crippen LogP contribution in [0.25, 0.3) is 11.1 Å². The van der Waals surface area contributed by atoms with Crippen LogP contribution in [0.2, 0.25) is 0 Å². The number of carbonyl (C=O) groups excluding carboxylic acids is 1. The quantitative estimate of drug-likeness (QED) is 0.890. The number of rotatable bonds is 5. The first-order chi connectivity index (χ1) is 10.6. The SMILES string of the molecule is CCNC(=O)c1cccc(-c2ccc(C(=O)O)c(OC)c2)c1. The van der Waals surface area contributed by atoms with E-state index in [4.69, 9.17) is 9.84 Å². The minimum atomic E-state index is -1.04. The van der Waals surface area contributed by atoms with E-state index in [1.165, 1.54) is 13.2 Å². The van der Waals surface area contributed by atoms with E-state index in [-0.39, 0.29) is 17.2 Å². The van der Waals surface area contributed by atoms with E-state index in [1.54, 1.807) is 30.3 Å². The van der Waals surface area contributed by atoms with Crippen molar-refractivity contribution in [2.24, 2.45) is 0 Å². The van der Waals surface area contributed by atoms with Gasteiger partial charge in [0.25, 0.3) is 5.91 Å². The number of carboxylic acid groups (broad SMARTS) is 1. The van der Waals surface area contributed by atoms with Gasteiger partial charge in [-0.3, -0.25) is 4.79 Å². The average molecular weight is 299 g/mol. The largest absolute Gasteiger partial charge is 0.496 e. The summed E-state index contributed by atoms with van der Waals surface area (Å²) in [6.07, 6.45) is 0. The molecule has 2 N–H and O–H groups in total. The smallest absolute Gasteiger partial charge is 0.339 e. The molecular formula is C17H17NO4. The molecule has 0 heterocycles. The topological polar surface area (TPSA) is 75.6 Å². The molecule has 0 saturated carbocycles. The highest BCUT2D eigenvalue weighted by Crippen LogP contribution is 2.28. The van der Waals surface area contributed by atoms with Gasteiger partial charge in [-0.2, -0.15) is 0 Å². The molecule has 0 aliphatic heterocycles. The first kappa shape index (κ1) is 15.6. The summed E-state index contributed by atoms with van der Waals surface area (Å²) < 4.78 is 5.12. The Hall–Kier alpha value is -2.82. The first-order valence-electron chi connectivity index (χ1n) is 6.86. The van der Waals surface area contributed by atoms with Crippen molar-refractivity contribution in [2.75, 3.05) is 13.7 Å². The van der Waals surface area contributed by atoms with E-state index in [2.05, 4.69) is 5.32 Å². The van der Waals surface area contributed by atoms with Crippen LogP contribution in [0.15, 0.2) is 42.5 Å². The molecule has 2 rings (SSSR count). The van der Waals surface area contributed by atoms with E-state index >= 15 is 0 Å². The number of methoxy groups -OCH3 is 1. The van der Waals surface area contributed by atoms with Crippen LogP contribution >= 0.6 is 0 Å². The molecule has 0 saturated heterocycles. The van der Waals surface area contributed by atoms with Crippen LogP contribution in [0.3, 0.4) is 0 Å². The lowest BCUT2D eigenvalue weighted by atomic mass is 10.0. The Morgan fingerprint density at radius 3 is 2.50 bits per heavy atom. The lowest BCUT2D eigenvalue weighted by molar-refractivity contribution is 0.0693. The molecular weight excluding hydrogens is 282 g/mol. The number of amides is 1. The second-order valence-electron chi connectivity index (χ2n) is 4.66.